The van der Waals surface area contributed by atoms with Gasteiger partial charge in [-0.1, -0.05) is 49.2 Å². The maximum Gasteiger partial charge on any atom is 0.320 e. The molecule has 1 aromatic heterocycles. The van der Waals surface area contributed by atoms with Crippen LogP contribution in [0.2, 0.25) is 0 Å². The van der Waals surface area contributed by atoms with Crippen molar-refractivity contribution in [2.24, 2.45) is 0 Å². The van der Waals surface area contributed by atoms with Crippen molar-refractivity contribution in [3.63, 3.8) is 0 Å². The van der Waals surface area contributed by atoms with Gasteiger partial charge in [0.1, 0.15) is 0 Å². The minimum Gasteiger partial charge on any atom is -0.335 e. The molecule has 5 nitrogen and oxygen atoms in total. The largest absolute Gasteiger partial charge is 0.335 e. The lowest BCUT2D eigenvalue weighted by molar-refractivity contribution is 0.248. The average Bonchev–Trinajstić information content (AvgIpc) is 3.14. The van der Waals surface area contributed by atoms with Crippen LogP contribution in [-0.4, -0.2) is 22.0 Å². The van der Waals surface area contributed by atoms with E-state index in [0.29, 0.717) is 5.82 Å². The fourth-order valence-corrected chi connectivity index (χ4v) is 3.29. The van der Waals surface area contributed by atoms with Crippen LogP contribution in [0.5, 0.6) is 0 Å². The molecule has 0 saturated heterocycles. The number of benzene rings is 2. The van der Waals surface area contributed by atoms with Crippen molar-refractivity contribution in [1.82, 2.24) is 15.3 Å². The zero-order valence-electron chi connectivity index (χ0n) is 13.9. The van der Waals surface area contributed by atoms with Crippen molar-refractivity contribution in [1.29, 1.82) is 0 Å². The number of amides is 2. The monoisotopic (exact) mass is 332 g/mol. The lowest BCUT2D eigenvalue weighted by atomic mass is 10.1. The molecular weight excluding hydrogens is 312 g/mol. The highest BCUT2D eigenvalue weighted by Crippen LogP contribution is 2.23. The summed E-state index contributed by atoms with van der Waals surface area (Å²) in [4.78, 5) is 21.0. The van der Waals surface area contributed by atoms with Crippen LogP contribution in [0.3, 0.4) is 0 Å². The molecule has 2 N–H and O–H groups in total. The lowest BCUT2D eigenvalue weighted by Crippen LogP contribution is -2.36. The number of hydrogen-bond acceptors (Lipinski definition) is 3. The molecule has 0 spiro atoms. The molecule has 0 unspecified atom stereocenters. The van der Waals surface area contributed by atoms with E-state index < -0.39 is 0 Å². The minimum absolute atomic E-state index is 0.209. The van der Waals surface area contributed by atoms with Crippen LogP contribution in [0.25, 0.3) is 22.2 Å². The maximum atomic E-state index is 12.1. The number of carbonyl (C=O) groups is 1. The van der Waals surface area contributed by atoms with Gasteiger partial charge in [0.25, 0.3) is 0 Å². The SMILES string of the molecule is O=C(Nc1cnc2ccc(-c3ccccc3)cc2n1)NC1CCCC1. The van der Waals surface area contributed by atoms with E-state index in [-0.39, 0.29) is 12.1 Å². The Balaban J connectivity index is 1.55. The van der Waals surface area contributed by atoms with Crippen LogP contribution in [0, 0.1) is 0 Å². The molecule has 1 saturated carbocycles. The van der Waals surface area contributed by atoms with Crippen molar-refractivity contribution < 1.29 is 4.79 Å². The Morgan fingerprint density at radius 3 is 2.56 bits per heavy atom. The summed E-state index contributed by atoms with van der Waals surface area (Å²) in [5.74, 6) is 0.466. The summed E-state index contributed by atoms with van der Waals surface area (Å²) in [5.41, 5.74) is 3.78. The fourth-order valence-electron chi connectivity index (χ4n) is 3.29. The fraction of sp³-hybridized carbons (Fsp3) is 0.250. The van der Waals surface area contributed by atoms with Gasteiger partial charge in [-0.3, -0.25) is 10.3 Å². The van der Waals surface area contributed by atoms with E-state index in [1.54, 1.807) is 6.20 Å². The summed E-state index contributed by atoms with van der Waals surface area (Å²) in [6.45, 7) is 0. The minimum atomic E-state index is -0.209. The normalized spacial score (nSPS) is 14.6. The zero-order chi connectivity index (χ0) is 17.1. The molecule has 4 rings (SSSR count). The quantitative estimate of drug-likeness (QED) is 0.749. The van der Waals surface area contributed by atoms with Gasteiger partial charge in [0.2, 0.25) is 0 Å². The van der Waals surface area contributed by atoms with Crippen LogP contribution in [0.4, 0.5) is 10.6 Å². The smallest absolute Gasteiger partial charge is 0.320 e. The highest BCUT2D eigenvalue weighted by atomic mass is 16.2. The highest BCUT2D eigenvalue weighted by molar-refractivity contribution is 5.90. The topological polar surface area (TPSA) is 66.9 Å². The molecule has 0 aliphatic heterocycles. The summed E-state index contributed by atoms with van der Waals surface area (Å²) in [7, 11) is 0. The van der Waals surface area contributed by atoms with E-state index in [0.717, 1.165) is 35.0 Å². The van der Waals surface area contributed by atoms with Gasteiger partial charge in [0.05, 0.1) is 17.2 Å². The first-order chi connectivity index (χ1) is 12.3. The van der Waals surface area contributed by atoms with Crippen LogP contribution >= 0.6 is 0 Å². The molecule has 3 aromatic rings. The van der Waals surface area contributed by atoms with E-state index >= 15 is 0 Å². The molecule has 0 bridgehead atoms. The third kappa shape index (κ3) is 3.60. The lowest BCUT2D eigenvalue weighted by Gasteiger charge is -2.12. The van der Waals surface area contributed by atoms with Gasteiger partial charge >= 0.3 is 6.03 Å². The third-order valence-electron chi connectivity index (χ3n) is 4.58. The van der Waals surface area contributed by atoms with Crippen LogP contribution in [0.1, 0.15) is 25.7 Å². The number of urea groups is 1. The number of anilines is 1. The summed E-state index contributed by atoms with van der Waals surface area (Å²) in [5, 5.41) is 5.79. The van der Waals surface area contributed by atoms with Crippen molar-refractivity contribution in [2.75, 3.05) is 5.32 Å². The Hall–Kier alpha value is -2.95. The molecule has 2 amide bonds. The van der Waals surface area contributed by atoms with E-state index in [4.69, 9.17) is 0 Å². The first-order valence-corrected chi connectivity index (χ1v) is 8.68. The van der Waals surface area contributed by atoms with Gasteiger partial charge in [-0.2, -0.15) is 0 Å². The first kappa shape index (κ1) is 15.6. The van der Waals surface area contributed by atoms with Crippen LogP contribution < -0.4 is 10.6 Å². The summed E-state index contributed by atoms with van der Waals surface area (Å²) in [6.07, 6.45) is 6.07. The van der Waals surface area contributed by atoms with E-state index in [1.807, 2.05) is 36.4 Å². The summed E-state index contributed by atoms with van der Waals surface area (Å²) >= 11 is 0. The second-order valence-electron chi connectivity index (χ2n) is 6.40. The molecule has 5 heteroatoms. The molecule has 2 aromatic carbocycles. The summed E-state index contributed by atoms with van der Waals surface area (Å²) in [6, 6.07) is 16.2. The van der Waals surface area contributed by atoms with Gasteiger partial charge in [-0.15, -0.1) is 0 Å². The van der Waals surface area contributed by atoms with Gasteiger partial charge in [-0.05, 0) is 36.1 Å². The summed E-state index contributed by atoms with van der Waals surface area (Å²) < 4.78 is 0. The molecule has 1 fully saturated rings. The van der Waals surface area contributed by atoms with Crippen molar-refractivity contribution in [3.8, 4) is 11.1 Å². The first-order valence-electron chi connectivity index (χ1n) is 8.68. The molecule has 0 atom stereocenters. The van der Waals surface area contributed by atoms with Crippen molar-refractivity contribution in [3.05, 3.63) is 54.7 Å². The van der Waals surface area contributed by atoms with E-state index in [1.165, 1.54) is 12.8 Å². The molecule has 1 aliphatic rings. The second-order valence-corrected chi connectivity index (χ2v) is 6.40. The standard InChI is InChI=1S/C20H20N4O/c25-20(22-16-8-4-5-9-16)24-19-13-21-17-11-10-15(12-18(17)23-19)14-6-2-1-3-7-14/h1-3,6-7,10-13,16H,4-5,8-9H2,(H2,22,23,24,25). The Morgan fingerprint density at radius 1 is 0.960 bits per heavy atom. The third-order valence-corrected chi connectivity index (χ3v) is 4.58. The van der Waals surface area contributed by atoms with Gasteiger partial charge in [0, 0.05) is 6.04 Å². The van der Waals surface area contributed by atoms with Crippen LogP contribution in [0.15, 0.2) is 54.7 Å². The number of aromatic nitrogens is 2. The number of hydrogen-bond donors (Lipinski definition) is 2. The Labute approximate surface area is 146 Å². The molecule has 1 aliphatic carbocycles. The van der Waals surface area contributed by atoms with Gasteiger partial charge < -0.3 is 5.32 Å². The van der Waals surface area contributed by atoms with Crippen molar-refractivity contribution in [2.45, 2.75) is 31.7 Å². The van der Waals surface area contributed by atoms with Crippen LogP contribution in [-0.2, 0) is 0 Å². The Bertz CT molecular complexity index is 889. The predicted octanol–water partition coefficient (Wildman–Crippen LogP) is 4.36. The van der Waals surface area contributed by atoms with E-state index in [2.05, 4.69) is 32.7 Å². The molecular formula is C20H20N4O. The average molecular weight is 332 g/mol. The second kappa shape index (κ2) is 6.89. The van der Waals surface area contributed by atoms with Gasteiger partial charge in [-0.25, -0.2) is 9.78 Å². The number of nitrogens with zero attached hydrogens (tertiary/aromatic N) is 2. The number of carbonyl (C=O) groups excluding carboxylic acids is 1. The predicted molar refractivity (Wildman–Crippen MR) is 99.4 cm³/mol. The number of nitrogens with one attached hydrogen (secondary N) is 2. The van der Waals surface area contributed by atoms with Gasteiger partial charge in [0.15, 0.2) is 5.82 Å². The maximum absolute atomic E-state index is 12.1. The number of rotatable bonds is 3. The zero-order valence-corrected chi connectivity index (χ0v) is 13.9. The Kier molecular flexibility index (Phi) is 4.29. The van der Waals surface area contributed by atoms with E-state index in [9.17, 15) is 4.79 Å². The molecule has 25 heavy (non-hydrogen) atoms. The molecule has 1 heterocycles. The van der Waals surface area contributed by atoms with Crippen molar-refractivity contribution >= 4 is 22.9 Å². The number of fused-ring (bicyclic) bond motifs is 1. The molecule has 126 valence electrons. The highest BCUT2D eigenvalue weighted by Gasteiger charge is 2.17. The Morgan fingerprint density at radius 2 is 1.76 bits per heavy atom. The molecule has 0 radical (unpaired) electrons.